The zero-order valence-corrected chi connectivity index (χ0v) is 17.4. The molecule has 28 heavy (non-hydrogen) atoms. The van der Waals surface area contributed by atoms with Crippen molar-refractivity contribution in [3.8, 4) is 0 Å². The van der Waals surface area contributed by atoms with Crippen LogP contribution in [-0.2, 0) is 17.1 Å². The molecule has 1 unspecified atom stereocenters. The van der Waals surface area contributed by atoms with Crippen molar-refractivity contribution in [2.75, 3.05) is 6.54 Å². The molecule has 0 aliphatic carbocycles. The van der Waals surface area contributed by atoms with Crippen molar-refractivity contribution in [1.82, 2.24) is 14.9 Å². The maximum absolute atomic E-state index is 12.8. The average Bonchev–Trinajstić information content (AvgIpc) is 2.71. The van der Waals surface area contributed by atoms with Crippen LogP contribution in [0.3, 0.4) is 0 Å². The molecule has 1 heterocycles. The summed E-state index contributed by atoms with van der Waals surface area (Å²) in [6.07, 6.45) is 0. The van der Waals surface area contributed by atoms with E-state index in [1.165, 1.54) is 11.8 Å². The fraction of sp³-hybridized carbons (Fsp3) is 0.286. The van der Waals surface area contributed by atoms with E-state index in [-0.39, 0.29) is 16.7 Å². The Bertz CT molecular complexity index is 1020. The number of fused-ring (bicyclic) bond motifs is 1. The monoisotopic (exact) mass is 415 g/mol. The molecular weight excluding hydrogens is 394 g/mol. The van der Waals surface area contributed by atoms with Gasteiger partial charge in [-0.2, -0.15) is 0 Å². The fourth-order valence-corrected chi connectivity index (χ4v) is 3.85. The first-order chi connectivity index (χ1) is 13.5. The maximum Gasteiger partial charge on any atom is 0.258 e. The number of thioether (sulfide) groups is 1. The van der Waals surface area contributed by atoms with E-state index >= 15 is 0 Å². The molecule has 0 radical (unpaired) electrons. The SMILES string of the molecule is CCN(Cc1ccc(Cl)cc1)C(=O)C(C)SCc1nc2ccccc2c(=O)[nH]1. The number of H-pyrrole nitrogens is 1. The molecule has 3 rings (SSSR count). The number of aromatic amines is 1. The Morgan fingerprint density at radius 2 is 1.93 bits per heavy atom. The highest BCUT2D eigenvalue weighted by Crippen LogP contribution is 2.20. The van der Waals surface area contributed by atoms with E-state index in [4.69, 9.17) is 11.6 Å². The first-order valence-corrected chi connectivity index (χ1v) is 10.5. The number of amides is 1. The predicted octanol–water partition coefficient (Wildman–Crippen LogP) is 4.25. The van der Waals surface area contributed by atoms with Crippen LogP contribution in [0.2, 0.25) is 5.02 Å². The van der Waals surface area contributed by atoms with Gasteiger partial charge in [0.1, 0.15) is 5.82 Å². The third-order valence-corrected chi connectivity index (χ3v) is 5.85. The Labute approximate surface area is 173 Å². The Morgan fingerprint density at radius 3 is 2.64 bits per heavy atom. The Morgan fingerprint density at radius 1 is 1.21 bits per heavy atom. The Kier molecular flexibility index (Phi) is 6.75. The van der Waals surface area contributed by atoms with Crippen molar-refractivity contribution < 1.29 is 4.79 Å². The molecule has 0 saturated heterocycles. The molecule has 1 N–H and O–H groups in total. The number of carbonyl (C=O) groups excluding carboxylic acids is 1. The molecule has 5 nitrogen and oxygen atoms in total. The average molecular weight is 416 g/mol. The van der Waals surface area contributed by atoms with Gasteiger partial charge < -0.3 is 9.88 Å². The molecule has 1 amide bonds. The minimum atomic E-state index is -0.246. The van der Waals surface area contributed by atoms with Gasteiger partial charge in [0.15, 0.2) is 0 Å². The van der Waals surface area contributed by atoms with Crippen molar-refractivity contribution in [2.24, 2.45) is 0 Å². The maximum atomic E-state index is 12.8. The molecule has 0 aliphatic heterocycles. The number of carbonyl (C=O) groups is 1. The van der Waals surface area contributed by atoms with Gasteiger partial charge in [-0.05, 0) is 43.7 Å². The molecule has 0 fully saturated rings. The van der Waals surface area contributed by atoms with Gasteiger partial charge in [-0.25, -0.2) is 4.98 Å². The summed E-state index contributed by atoms with van der Waals surface area (Å²) in [5, 5.41) is 1.00. The second kappa shape index (κ2) is 9.26. The van der Waals surface area contributed by atoms with E-state index in [9.17, 15) is 9.59 Å². The lowest BCUT2D eigenvalue weighted by Gasteiger charge is -2.24. The van der Waals surface area contributed by atoms with Gasteiger partial charge in [0.25, 0.3) is 5.56 Å². The van der Waals surface area contributed by atoms with Crippen LogP contribution in [0, 0.1) is 0 Å². The number of aromatic nitrogens is 2. The molecule has 1 atom stereocenters. The standard InChI is InChI=1S/C21H22ClN3O2S/c1-3-25(12-15-8-10-16(22)11-9-15)21(27)14(2)28-13-19-23-18-7-5-4-6-17(18)20(26)24-19/h4-11,14H,3,12-13H2,1-2H3,(H,23,24,26). The second-order valence-electron chi connectivity index (χ2n) is 6.46. The van der Waals surface area contributed by atoms with Gasteiger partial charge in [-0.15, -0.1) is 11.8 Å². The van der Waals surface area contributed by atoms with Crippen LogP contribution >= 0.6 is 23.4 Å². The summed E-state index contributed by atoms with van der Waals surface area (Å²) in [6, 6.07) is 14.8. The summed E-state index contributed by atoms with van der Waals surface area (Å²) in [5.74, 6) is 1.10. The Balaban J connectivity index is 1.64. The van der Waals surface area contributed by atoms with Crippen LogP contribution in [0.25, 0.3) is 10.9 Å². The van der Waals surface area contributed by atoms with Gasteiger partial charge >= 0.3 is 0 Å². The van der Waals surface area contributed by atoms with E-state index in [1.807, 2.05) is 61.2 Å². The normalized spacial score (nSPS) is 12.1. The number of halogens is 1. The molecule has 2 aromatic carbocycles. The lowest BCUT2D eigenvalue weighted by atomic mass is 10.2. The van der Waals surface area contributed by atoms with E-state index in [0.29, 0.717) is 40.6 Å². The molecule has 0 saturated carbocycles. The van der Waals surface area contributed by atoms with Crippen LogP contribution in [0.15, 0.2) is 53.3 Å². The molecule has 3 aromatic rings. The van der Waals surface area contributed by atoms with E-state index in [1.54, 1.807) is 6.07 Å². The van der Waals surface area contributed by atoms with Crippen molar-refractivity contribution in [2.45, 2.75) is 31.4 Å². The number of benzene rings is 2. The van der Waals surface area contributed by atoms with E-state index in [2.05, 4.69) is 9.97 Å². The number of hydrogen-bond donors (Lipinski definition) is 1. The summed E-state index contributed by atoms with van der Waals surface area (Å²) in [5.41, 5.74) is 1.55. The van der Waals surface area contributed by atoms with Gasteiger partial charge in [-0.1, -0.05) is 35.9 Å². The lowest BCUT2D eigenvalue weighted by Crippen LogP contribution is -2.36. The summed E-state index contributed by atoms with van der Waals surface area (Å²) in [6.45, 7) is 5.02. The highest BCUT2D eigenvalue weighted by Gasteiger charge is 2.20. The molecular formula is C21H22ClN3O2S. The molecule has 1 aromatic heterocycles. The minimum Gasteiger partial charge on any atom is -0.338 e. The highest BCUT2D eigenvalue weighted by molar-refractivity contribution is 7.99. The number of hydrogen-bond acceptors (Lipinski definition) is 4. The first kappa shape index (κ1) is 20.4. The van der Waals surface area contributed by atoms with Gasteiger partial charge in [-0.3, -0.25) is 9.59 Å². The highest BCUT2D eigenvalue weighted by atomic mass is 35.5. The molecule has 0 aliphatic rings. The van der Waals surface area contributed by atoms with Crippen molar-refractivity contribution >= 4 is 40.2 Å². The van der Waals surface area contributed by atoms with Gasteiger partial charge in [0.05, 0.1) is 21.9 Å². The molecule has 0 spiro atoms. The largest absolute Gasteiger partial charge is 0.338 e. The third-order valence-electron chi connectivity index (χ3n) is 4.46. The van der Waals surface area contributed by atoms with Crippen molar-refractivity contribution in [3.63, 3.8) is 0 Å². The van der Waals surface area contributed by atoms with Crippen LogP contribution in [0.4, 0.5) is 0 Å². The number of nitrogens with one attached hydrogen (secondary N) is 1. The molecule has 146 valence electrons. The van der Waals surface area contributed by atoms with Crippen molar-refractivity contribution in [3.05, 3.63) is 75.3 Å². The summed E-state index contributed by atoms with van der Waals surface area (Å²) >= 11 is 7.39. The topological polar surface area (TPSA) is 66.1 Å². The first-order valence-electron chi connectivity index (χ1n) is 9.10. The minimum absolute atomic E-state index is 0.0607. The van der Waals surface area contributed by atoms with Crippen LogP contribution < -0.4 is 5.56 Å². The zero-order chi connectivity index (χ0) is 20.1. The molecule has 0 bridgehead atoms. The lowest BCUT2D eigenvalue weighted by molar-refractivity contribution is -0.130. The van der Waals surface area contributed by atoms with Crippen LogP contribution in [0.1, 0.15) is 25.2 Å². The smallest absolute Gasteiger partial charge is 0.258 e. The van der Waals surface area contributed by atoms with Crippen LogP contribution in [0.5, 0.6) is 0 Å². The summed E-state index contributed by atoms with van der Waals surface area (Å²) in [4.78, 5) is 34.1. The zero-order valence-electron chi connectivity index (χ0n) is 15.8. The summed E-state index contributed by atoms with van der Waals surface area (Å²) in [7, 11) is 0. The third kappa shape index (κ3) is 4.94. The summed E-state index contributed by atoms with van der Waals surface area (Å²) < 4.78 is 0. The number of nitrogens with zero attached hydrogens (tertiary/aromatic N) is 2. The van der Waals surface area contributed by atoms with Gasteiger partial charge in [0.2, 0.25) is 5.91 Å². The second-order valence-corrected chi connectivity index (χ2v) is 8.23. The number of para-hydroxylation sites is 1. The van der Waals surface area contributed by atoms with E-state index in [0.717, 1.165) is 5.56 Å². The molecule has 7 heteroatoms. The predicted molar refractivity (Wildman–Crippen MR) is 116 cm³/mol. The number of rotatable bonds is 7. The van der Waals surface area contributed by atoms with Crippen LogP contribution in [-0.4, -0.2) is 32.6 Å². The quantitative estimate of drug-likeness (QED) is 0.626. The van der Waals surface area contributed by atoms with Crippen molar-refractivity contribution in [1.29, 1.82) is 0 Å². The van der Waals surface area contributed by atoms with E-state index < -0.39 is 0 Å². The van der Waals surface area contributed by atoms with Gasteiger partial charge in [0, 0.05) is 18.1 Å². The fourth-order valence-electron chi connectivity index (χ4n) is 2.89. The Hall–Kier alpha value is -2.31.